The van der Waals surface area contributed by atoms with Crippen molar-refractivity contribution in [2.24, 2.45) is 4.99 Å². The second-order valence-corrected chi connectivity index (χ2v) is 5.62. The quantitative estimate of drug-likeness (QED) is 0.662. The molecule has 0 atom stereocenters. The van der Waals surface area contributed by atoms with E-state index < -0.39 is 0 Å². The number of benzene rings is 1. The number of ether oxygens (including phenoxy) is 2. The Kier molecular flexibility index (Phi) is 4.39. The van der Waals surface area contributed by atoms with E-state index in [1.54, 1.807) is 0 Å². The van der Waals surface area contributed by atoms with Crippen LogP contribution in [-0.2, 0) is 6.54 Å². The van der Waals surface area contributed by atoms with E-state index in [1.807, 2.05) is 12.1 Å². The molecule has 1 fully saturated rings. The highest BCUT2D eigenvalue weighted by molar-refractivity contribution is 6.32. The van der Waals surface area contributed by atoms with Crippen molar-refractivity contribution < 1.29 is 9.47 Å². The number of aliphatic imine (C=N–C) groups is 1. The molecule has 3 rings (SSSR count). The number of rotatable bonds is 4. The van der Waals surface area contributed by atoms with Gasteiger partial charge in [0.2, 0.25) is 0 Å². The van der Waals surface area contributed by atoms with E-state index in [-0.39, 0.29) is 0 Å². The first-order valence-electron chi connectivity index (χ1n) is 7.39. The van der Waals surface area contributed by atoms with Crippen molar-refractivity contribution in [2.45, 2.75) is 32.4 Å². The maximum Gasteiger partial charge on any atom is 0.191 e. The van der Waals surface area contributed by atoms with Gasteiger partial charge in [0.05, 0.1) is 11.6 Å². The van der Waals surface area contributed by atoms with Crippen LogP contribution in [-0.4, -0.2) is 31.8 Å². The monoisotopic (exact) mass is 309 g/mol. The lowest BCUT2D eigenvalue weighted by molar-refractivity contribution is 0.171. The van der Waals surface area contributed by atoms with Gasteiger partial charge in [-0.1, -0.05) is 11.6 Å². The van der Waals surface area contributed by atoms with E-state index in [0.717, 1.165) is 18.1 Å². The zero-order valence-corrected chi connectivity index (χ0v) is 12.9. The topological polar surface area (TPSA) is 54.9 Å². The molecule has 0 aromatic heterocycles. The Morgan fingerprint density at radius 2 is 2.14 bits per heavy atom. The van der Waals surface area contributed by atoms with Crippen LogP contribution < -0.4 is 20.1 Å². The fourth-order valence-electron chi connectivity index (χ4n) is 2.17. The first-order valence-corrected chi connectivity index (χ1v) is 7.77. The highest BCUT2D eigenvalue weighted by atomic mass is 35.5. The predicted octanol–water partition coefficient (Wildman–Crippen LogP) is 2.33. The highest BCUT2D eigenvalue weighted by Gasteiger charge is 2.22. The van der Waals surface area contributed by atoms with Crippen molar-refractivity contribution in [2.75, 3.05) is 19.8 Å². The summed E-state index contributed by atoms with van der Waals surface area (Å²) in [6, 6.07) is 4.41. The molecule has 2 N–H and O–H groups in total. The number of hydrogen-bond acceptors (Lipinski definition) is 3. The molecule has 0 saturated heterocycles. The molecule has 1 aliphatic carbocycles. The van der Waals surface area contributed by atoms with E-state index in [9.17, 15) is 0 Å². The van der Waals surface area contributed by atoms with Crippen LogP contribution in [0.3, 0.4) is 0 Å². The Bertz CT molecular complexity index is 544. The van der Waals surface area contributed by atoms with Gasteiger partial charge < -0.3 is 20.1 Å². The van der Waals surface area contributed by atoms with Gasteiger partial charge in [0.25, 0.3) is 0 Å². The van der Waals surface area contributed by atoms with Crippen LogP contribution in [0.1, 0.15) is 25.3 Å². The predicted molar refractivity (Wildman–Crippen MR) is 83.4 cm³/mol. The molecular formula is C15H20ClN3O2. The summed E-state index contributed by atoms with van der Waals surface area (Å²) >= 11 is 6.23. The minimum absolute atomic E-state index is 0.542. The average Bonchev–Trinajstić information content (AvgIpc) is 3.29. The van der Waals surface area contributed by atoms with Gasteiger partial charge in [0.15, 0.2) is 17.5 Å². The first-order chi connectivity index (χ1) is 10.3. The molecule has 6 heteroatoms. The Morgan fingerprint density at radius 3 is 2.90 bits per heavy atom. The lowest BCUT2D eigenvalue weighted by Gasteiger charge is -2.20. The minimum Gasteiger partial charge on any atom is -0.486 e. The third-order valence-electron chi connectivity index (χ3n) is 3.34. The lowest BCUT2D eigenvalue weighted by atomic mass is 10.2. The first kappa shape index (κ1) is 14.3. The number of fused-ring (bicyclic) bond motifs is 1. The Hall–Kier alpha value is -1.62. The standard InChI is InChI=1S/C15H20ClN3O2/c1-2-17-15(19-11-3-4-11)18-9-10-7-12(16)14-13(8-10)20-5-6-21-14/h7-8,11H,2-6,9H2,1H3,(H2,17,18,19). The molecule has 0 spiro atoms. The Morgan fingerprint density at radius 1 is 1.33 bits per heavy atom. The third kappa shape index (κ3) is 3.73. The fraction of sp³-hybridized carbons (Fsp3) is 0.533. The molecule has 21 heavy (non-hydrogen) atoms. The SMILES string of the molecule is CCNC(=NCc1cc(Cl)c2c(c1)OCCO2)NC1CC1. The smallest absolute Gasteiger partial charge is 0.191 e. The maximum atomic E-state index is 6.23. The van der Waals surface area contributed by atoms with Gasteiger partial charge in [-0.2, -0.15) is 0 Å². The van der Waals surface area contributed by atoms with Crippen LogP contribution in [0.25, 0.3) is 0 Å². The highest BCUT2D eigenvalue weighted by Crippen LogP contribution is 2.38. The molecule has 1 saturated carbocycles. The summed E-state index contributed by atoms with van der Waals surface area (Å²) in [5.74, 6) is 2.20. The van der Waals surface area contributed by atoms with E-state index in [0.29, 0.717) is 42.3 Å². The molecule has 0 amide bonds. The van der Waals surface area contributed by atoms with Crippen LogP contribution in [0, 0.1) is 0 Å². The van der Waals surface area contributed by atoms with Gasteiger partial charge in [-0.05, 0) is 37.5 Å². The maximum absolute atomic E-state index is 6.23. The van der Waals surface area contributed by atoms with Crippen LogP contribution in [0.2, 0.25) is 5.02 Å². The molecule has 114 valence electrons. The van der Waals surface area contributed by atoms with Gasteiger partial charge in [-0.15, -0.1) is 0 Å². The molecule has 5 nitrogen and oxygen atoms in total. The van der Waals surface area contributed by atoms with Crippen LogP contribution in [0.15, 0.2) is 17.1 Å². The van der Waals surface area contributed by atoms with Crippen LogP contribution in [0.4, 0.5) is 0 Å². The number of hydrogen-bond donors (Lipinski definition) is 2. The molecule has 1 heterocycles. The molecule has 0 unspecified atom stereocenters. The average molecular weight is 310 g/mol. The Balaban J connectivity index is 1.72. The number of halogens is 1. The van der Waals surface area contributed by atoms with Crippen molar-refractivity contribution in [3.05, 3.63) is 22.7 Å². The van der Waals surface area contributed by atoms with Gasteiger partial charge in [-0.25, -0.2) is 4.99 Å². The zero-order valence-electron chi connectivity index (χ0n) is 12.1. The largest absolute Gasteiger partial charge is 0.486 e. The number of guanidine groups is 1. The van der Waals surface area contributed by atoms with E-state index in [4.69, 9.17) is 21.1 Å². The van der Waals surface area contributed by atoms with Crippen LogP contribution in [0.5, 0.6) is 11.5 Å². The van der Waals surface area contributed by atoms with Crippen molar-refractivity contribution >= 4 is 17.6 Å². The normalized spacial score (nSPS) is 17.5. The molecule has 2 aliphatic rings. The van der Waals surface area contributed by atoms with Crippen LogP contribution >= 0.6 is 11.6 Å². The molecule has 1 aromatic carbocycles. The lowest BCUT2D eigenvalue weighted by Crippen LogP contribution is -2.38. The van der Waals surface area contributed by atoms with Gasteiger partial charge in [0, 0.05) is 12.6 Å². The molecule has 1 aliphatic heterocycles. The molecular weight excluding hydrogens is 290 g/mol. The molecule has 1 aromatic rings. The summed E-state index contributed by atoms with van der Waals surface area (Å²) in [6.07, 6.45) is 2.44. The Labute approximate surface area is 129 Å². The molecule has 0 radical (unpaired) electrons. The second-order valence-electron chi connectivity index (χ2n) is 5.22. The van der Waals surface area contributed by atoms with E-state index in [1.165, 1.54) is 12.8 Å². The summed E-state index contributed by atoms with van der Waals surface area (Å²) in [4.78, 5) is 4.59. The van der Waals surface area contributed by atoms with E-state index in [2.05, 4.69) is 22.5 Å². The van der Waals surface area contributed by atoms with Gasteiger partial charge in [-0.3, -0.25) is 0 Å². The van der Waals surface area contributed by atoms with Gasteiger partial charge in [0.1, 0.15) is 13.2 Å². The third-order valence-corrected chi connectivity index (χ3v) is 3.62. The molecule has 0 bridgehead atoms. The number of nitrogens with zero attached hydrogens (tertiary/aromatic N) is 1. The summed E-state index contributed by atoms with van der Waals surface area (Å²) < 4.78 is 11.1. The summed E-state index contributed by atoms with van der Waals surface area (Å²) in [6.45, 7) is 4.56. The number of nitrogens with one attached hydrogen (secondary N) is 2. The zero-order chi connectivity index (χ0) is 14.7. The van der Waals surface area contributed by atoms with Crippen molar-refractivity contribution in [3.8, 4) is 11.5 Å². The van der Waals surface area contributed by atoms with Crippen molar-refractivity contribution in [1.82, 2.24) is 10.6 Å². The van der Waals surface area contributed by atoms with E-state index >= 15 is 0 Å². The van der Waals surface area contributed by atoms with Gasteiger partial charge >= 0.3 is 0 Å². The second kappa shape index (κ2) is 6.43. The van der Waals surface area contributed by atoms with Crippen molar-refractivity contribution in [1.29, 1.82) is 0 Å². The van der Waals surface area contributed by atoms with Crippen molar-refractivity contribution in [3.63, 3.8) is 0 Å². The minimum atomic E-state index is 0.542. The summed E-state index contributed by atoms with van der Waals surface area (Å²) in [5, 5.41) is 7.22. The summed E-state index contributed by atoms with van der Waals surface area (Å²) in [5.41, 5.74) is 1.01. The fourth-order valence-corrected chi connectivity index (χ4v) is 2.45. The summed E-state index contributed by atoms with van der Waals surface area (Å²) in [7, 11) is 0.